The number of carbonyl (C=O) groups is 1. The molecule has 98 valence electrons. The molecular formula is C14H17ClO3. The van der Waals surface area contributed by atoms with Crippen LogP contribution in [0.4, 0.5) is 0 Å². The van der Waals surface area contributed by atoms with E-state index in [-0.39, 0.29) is 18.1 Å². The molecule has 0 aromatic heterocycles. The van der Waals surface area contributed by atoms with Crippen LogP contribution in [0.5, 0.6) is 0 Å². The summed E-state index contributed by atoms with van der Waals surface area (Å²) in [5.74, 6) is -1.45. The fourth-order valence-electron chi connectivity index (χ4n) is 2.51. The van der Waals surface area contributed by atoms with Crippen LogP contribution in [0.3, 0.4) is 0 Å². The number of hydrogen-bond acceptors (Lipinski definition) is 2. The summed E-state index contributed by atoms with van der Waals surface area (Å²) in [6.07, 6.45) is 0.660. The largest absolute Gasteiger partial charge is 0.481 e. The predicted molar refractivity (Wildman–Crippen MR) is 70.0 cm³/mol. The first-order chi connectivity index (χ1) is 8.41. The van der Waals surface area contributed by atoms with E-state index >= 15 is 0 Å². The molecule has 0 spiro atoms. The summed E-state index contributed by atoms with van der Waals surface area (Å²) < 4.78 is 5.61. The third-order valence-electron chi connectivity index (χ3n) is 3.47. The molecule has 2 atom stereocenters. The molecule has 0 bridgehead atoms. The Morgan fingerprint density at radius 2 is 2.11 bits per heavy atom. The van der Waals surface area contributed by atoms with Gasteiger partial charge in [-0.3, -0.25) is 4.79 Å². The first kappa shape index (κ1) is 13.4. The van der Waals surface area contributed by atoms with Crippen LogP contribution in [0.15, 0.2) is 24.3 Å². The Kier molecular flexibility index (Phi) is 3.64. The smallest absolute Gasteiger partial charge is 0.309 e. The molecule has 3 nitrogen and oxygen atoms in total. The van der Waals surface area contributed by atoms with Gasteiger partial charge in [-0.1, -0.05) is 29.8 Å². The van der Waals surface area contributed by atoms with E-state index < -0.39 is 11.9 Å². The standard InChI is InChI=1S/C14H17ClO3/c1-14(2)7-10(11(8-18-14)13(16)17)9-5-3-4-6-12(9)15/h3-6,10-11H,7-8H2,1-2H3,(H,16,17)/t10-,11+/m0/s1. The van der Waals surface area contributed by atoms with Crippen molar-refractivity contribution in [2.24, 2.45) is 5.92 Å². The number of carboxylic acids is 1. The van der Waals surface area contributed by atoms with Gasteiger partial charge < -0.3 is 9.84 Å². The summed E-state index contributed by atoms with van der Waals surface area (Å²) in [7, 11) is 0. The van der Waals surface area contributed by atoms with E-state index in [4.69, 9.17) is 16.3 Å². The lowest BCUT2D eigenvalue weighted by Gasteiger charge is -2.39. The number of aliphatic carboxylic acids is 1. The Morgan fingerprint density at radius 1 is 1.44 bits per heavy atom. The summed E-state index contributed by atoms with van der Waals surface area (Å²) in [4.78, 5) is 11.3. The van der Waals surface area contributed by atoms with Gasteiger partial charge in [0.05, 0.1) is 18.1 Å². The Labute approximate surface area is 112 Å². The van der Waals surface area contributed by atoms with Crippen molar-refractivity contribution in [1.29, 1.82) is 0 Å². The Morgan fingerprint density at radius 3 is 2.72 bits per heavy atom. The number of hydrogen-bond donors (Lipinski definition) is 1. The van der Waals surface area contributed by atoms with E-state index in [1.54, 1.807) is 6.07 Å². The fourth-order valence-corrected chi connectivity index (χ4v) is 2.78. The van der Waals surface area contributed by atoms with Crippen LogP contribution in [0.1, 0.15) is 31.7 Å². The molecule has 0 saturated carbocycles. The molecule has 18 heavy (non-hydrogen) atoms. The highest BCUT2D eigenvalue weighted by molar-refractivity contribution is 6.31. The number of halogens is 1. The minimum Gasteiger partial charge on any atom is -0.481 e. The van der Waals surface area contributed by atoms with E-state index in [2.05, 4.69) is 0 Å². The number of benzene rings is 1. The second kappa shape index (κ2) is 4.90. The molecule has 1 fully saturated rings. The summed E-state index contributed by atoms with van der Waals surface area (Å²) in [5, 5.41) is 9.94. The van der Waals surface area contributed by atoms with Gasteiger partial charge in [-0.05, 0) is 31.9 Å². The van der Waals surface area contributed by atoms with Crippen molar-refractivity contribution >= 4 is 17.6 Å². The van der Waals surface area contributed by atoms with Crippen molar-refractivity contribution in [2.45, 2.75) is 31.8 Å². The molecule has 4 heteroatoms. The molecule has 1 heterocycles. The van der Waals surface area contributed by atoms with Crippen LogP contribution >= 0.6 is 11.6 Å². The van der Waals surface area contributed by atoms with Gasteiger partial charge in [0, 0.05) is 10.9 Å². The Balaban J connectivity index is 2.36. The molecule has 0 aliphatic carbocycles. The van der Waals surface area contributed by atoms with Gasteiger partial charge in [0.1, 0.15) is 0 Å². The van der Waals surface area contributed by atoms with Crippen LogP contribution < -0.4 is 0 Å². The lowest BCUT2D eigenvalue weighted by molar-refractivity contribution is -0.155. The molecule has 1 aliphatic heterocycles. The van der Waals surface area contributed by atoms with Gasteiger partial charge in [-0.25, -0.2) is 0 Å². The fraction of sp³-hybridized carbons (Fsp3) is 0.500. The second-order valence-electron chi connectivity index (χ2n) is 5.35. The molecule has 0 radical (unpaired) electrons. The summed E-state index contributed by atoms with van der Waals surface area (Å²) >= 11 is 6.19. The van der Waals surface area contributed by atoms with E-state index in [9.17, 15) is 9.90 Å². The Bertz CT molecular complexity index is 456. The van der Waals surface area contributed by atoms with Crippen molar-refractivity contribution in [1.82, 2.24) is 0 Å². The second-order valence-corrected chi connectivity index (χ2v) is 5.75. The number of rotatable bonds is 2. The zero-order valence-electron chi connectivity index (χ0n) is 10.5. The number of carboxylic acid groups (broad SMARTS) is 1. The van der Waals surface area contributed by atoms with E-state index in [0.717, 1.165) is 5.56 Å². The van der Waals surface area contributed by atoms with Crippen LogP contribution in [-0.2, 0) is 9.53 Å². The molecule has 0 unspecified atom stereocenters. The summed E-state index contributed by atoms with van der Waals surface area (Å²) in [5.41, 5.74) is 0.596. The van der Waals surface area contributed by atoms with Gasteiger partial charge >= 0.3 is 5.97 Å². The summed E-state index contributed by atoms with van der Waals surface area (Å²) in [6, 6.07) is 7.46. The van der Waals surface area contributed by atoms with Crippen molar-refractivity contribution in [3.05, 3.63) is 34.9 Å². The minimum atomic E-state index is -0.824. The first-order valence-electron chi connectivity index (χ1n) is 6.02. The van der Waals surface area contributed by atoms with Crippen molar-refractivity contribution in [3.8, 4) is 0 Å². The zero-order valence-corrected chi connectivity index (χ0v) is 11.3. The Hall–Kier alpha value is -1.06. The highest BCUT2D eigenvalue weighted by Crippen LogP contribution is 2.41. The molecule has 1 N–H and O–H groups in total. The molecule has 1 aromatic rings. The van der Waals surface area contributed by atoms with Gasteiger partial charge in [0.2, 0.25) is 0 Å². The van der Waals surface area contributed by atoms with Crippen molar-refractivity contribution in [2.75, 3.05) is 6.61 Å². The zero-order chi connectivity index (χ0) is 13.3. The maximum atomic E-state index is 11.3. The predicted octanol–water partition coefficient (Wildman–Crippen LogP) is 3.32. The molecular weight excluding hydrogens is 252 g/mol. The van der Waals surface area contributed by atoms with E-state index in [0.29, 0.717) is 11.4 Å². The highest BCUT2D eigenvalue weighted by Gasteiger charge is 2.40. The molecule has 0 amide bonds. The third-order valence-corrected chi connectivity index (χ3v) is 3.82. The monoisotopic (exact) mass is 268 g/mol. The van der Waals surface area contributed by atoms with Crippen molar-refractivity contribution < 1.29 is 14.6 Å². The van der Waals surface area contributed by atoms with Gasteiger partial charge in [0.15, 0.2) is 0 Å². The average molecular weight is 269 g/mol. The third kappa shape index (κ3) is 2.68. The van der Waals surface area contributed by atoms with Crippen molar-refractivity contribution in [3.63, 3.8) is 0 Å². The molecule has 1 saturated heterocycles. The summed E-state index contributed by atoms with van der Waals surface area (Å²) in [6.45, 7) is 4.20. The van der Waals surface area contributed by atoms with E-state index in [1.807, 2.05) is 32.0 Å². The average Bonchev–Trinajstić information content (AvgIpc) is 2.27. The molecule has 2 rings (SSSR count). The quantitative estimate of drug-likeness (QED) is 0.895. The van der Waals surface area contributed by atoms with Crippen LogP contribution in [0.25, 0.3) is 0 Å². The van der Waals surface area contributed by atoms with Gasteiger partial charge in [-0.2, -0.15) is 0 Å². The topological polar surface area (TPSA) is 46.5 Å². The lowest BCUT2D eigenvalue weighted by atomic mass is 9.77. The van der Waals surface area contributed by atoms with Gasteiger partial charge in [0.25, 0.3) is 0 Å². The lowest BCUT2D eigenvalue weighted by Crippen LogP contribution is -2.41. The first-order valence-corrected chi connectivity index (χ1v) is 6.40. The molecule has 1 aliphatic rings. The number of ether oxygens (including phenoxy) is 1. The SMILES string of the molecule is CC1(C)C[C@@H](c2ccccc2Cl)[C@H](C(=O)O)CO1. The maximum absolute atomic E-state index is 11.3. The van der Waals surface area contributed by atoms with Crippen LogP contribution in [0, 0.1) is 5.92 Å². The van der Waals surface area contributed by atoms with Gasteiger partial charge in [-0.15, -0.1) is 0 Å². The van der Waals surface area contributed by atoms with E-state index in [1.165, 1.54) is 0 Å². The normalized spacial score (nSPS) is 26.8. The highest BCUT2D eigenvalue weighted by atomic mass is 35.5. The molecule has 1 aromatic carbocycles. The minimum absolute atomic E-state index is 0.0973. The van der Waals surface area contributed by atoms with Crippen LogP contribution in [0.2, 0.25) is 5.02 Å². The van der Waals surface area contributed by atoms with Crippen LogP contribution in [-0.4, -0.2) is 23.3 Å². The maximum Gasteiger partial charge on any atom is 0.309 e.